The van der Waals surface area contributed by atoms with Gasteiger partial charge >= 0.3 is 0 Å². The van der Waals surface area contributed by atoms with E-state index in [1.165, 1.54) is 0 Å². The van der Waals surface area contributed by atoms with E-state index < -0.39 is 0 Å². The summed E-state index contributed by atoms with van der Waals surface area (Å²) in [5.74, 6) is 0. The molecule has 1 aromatic rings. The minimum atomic E-state index is 0.0868. The molecular weight excluding hydrogens is 230 g/mol. The van der Waals surface area contributed by atoms with Gasteiger partial charge in [-0.3, -0.25) is 0 Å². The number of nitrogens with zero attached hydrogens (tertiary/aromatic N) is 2. The number of nitrogens with one attached hydrogen (secondary N) is 1. The summed E-state index contributed by atoms with van der Waals surface area (Å²) in [7, 11) is 3.68. The number of aromatic nitrogens is 1. The molecule has 1 aromatic heterocycles. The van der Waals surface area contributed by atoms with E-state index in [-0.39, 0.29) is 5.54 Å². The number of rotatable bonds is 7. The van der Waals surface area contributed by atoms with E-state index in [4.69, 9.17) is 9.15 Å². The van der Waals surface area contributed by atoms with Crippen molar-refractivity contribution in [1.29, 1.82) is 0 Å². The maximum absolute atomic E-state index is 5.46. The van der Waals surface area contributed by atoms with Crippen LogP contribution in [0.15, 0.2) is 10.7 Å². The zero-order valence-corrected chi connectivity index (χ0v) is 12.1. The first-order valence-electron chi connectivity index (χ1n) is 6.32. The average Bonchev–Trinajstić information content (AvgIpc) is 2.74. The summed E-state index contributed by atoms with van der Waals surface area (Å²) in [6.07, 6.45) is 2.67. The molecule has 0 aliphatic heterocycles. The second-order valence-electron chi connectivity index (χ2n) is 5.49. The Kier molecular flexibility index (Phi) is 5.62. The second-order valence-corrected chi connectivity index (χ2v) is 5.49. The van der Waals surface area contributed by atoms with Crippen LogP contribution in [0.1, 0.15) is 32.9 Å². The zero-order chi connectivity index (χ0) is 13.6. The summed E-state index contributed by atoms with van der Waals surface area (Å²) < 4.78 is 10.5. The summed E-state index contributed by atoms with van der Waals surface area (Å²) >= 11 is 0. The van der Waals surface area contributed by atoms with Gasteiger partial charge in [0.05, 0.1) is 5.69 Å². The highest BCUT2D eigenvalue weighted by Gasteiger charge is 2.12. The number of hydrogen-bond donors (Lipinski definition) is 1. The van der Waals surface area contributed by atoms with Crippen molar-refractivity contribution >= 4 is 6.01 Å². The van der Waals surface area contributed by atoms with Gasteiger partial charge in [-0.25, -0.2) is 0 Å². The van der Waals surface area contributed by atoms with Gasteiger partial charge in [-0.05, 0) is 27.2 Å². The quantitative estimate of drug-likeness (QED) is 0.756. The van der Waals surface area contributed by atoms with Gasteiger partial charge in [0.1, 0.15) is 6.26 Å². The van der Waals surface area contributed by atoms with Crippen LogP contribution in [0.2, 0.25) is 0 Å². The molecule has 1 heterocycles. The standard InChI is InChI=1S/C13H25N3O2/c1-13(2,3)14-9-11-10-18-12(15-11)16(4)7-6-8-17-5/h10,14H,6-9H2,1-5H3. The maximum Gasteiger partial charge on any atom is 0.297 e. The van der Waals surface area contributed by atoms with Crippen molar-refractivity contribution in [3.8, 4) is 0 Å². The summed E-state index contributed by atoms with van der Waals surface area (Å²) in [5, 5.41) is 3.38. The molecule has 0 aromatic carbocycles. The molecule has 0 aliphatic carbocycles. The van der Waals surface area contributed by atoms with Crippen LogP contribution in [0, 0.1) is 0 Å². The van der Waals surface area contributed by atoms with Gasteiger partial charge in [0, 0.05) is 39.4 Å². The smallest absolute Gasteiger partial charge is 0.297 e. The fraction of sp³-hybridized carbons (Fsp3) is 0.769. The van der Waals surface area contributed by atoms with Crippen LogP contribution in [0.25, 0.3) is 0 Å². The van der Waals surface area contributed by atoms with Crippen molar-refractivity contribution in [2.45, 2.75) is 39.3 Å². The molecule has 0 unspecified atom stereocenters. The predicted octanol–water partition coefficient (Wildman–Crippen LogP) is 2.04. The van der Waals surface area contributed by atoms with Crippen LogP contribution in [0.3, 0.4) is 0 Å². The topological polar surface area (TPSA) is 50.5 Å². The molecule has 18 heavy (non-hydrogen) atoms. The fourth-order valence-corrected chi connectivity index (χ4v) is 1.45. The molecule has 1 rings (SSSR count). The van der Waals surface area contributed by atoms with Crippen molar-refractivity contribution in [2.75, 3.05) is 32.2 Å². The number of oxazole rings is 1. The van der Waals surface area contributed by atoms with E-state index in [0.29, 0.717) is 6.01 Å². The Morgan fingerprint density at radius 3 is 2.78 bits per heavy atom. The summed E-state index contributed by atoms with van der Waals surface area (Å²) in [6, 6.07) is 0.664. The molecular formula is C13H25N3O2. The highest BCUT2D eigenvalue weighted by Crippen LogP contribution is 2.13. The van der Waals surface area contributed by atoms with Gasteiger partial charge in [0.15, 0.2) is 0 Å². The first-order chi connectivity index (χ1) is 8.42. The van der Waals surface area contributed by atoms with Crippen molar-refractivity contribution in [1.82, 2.24) is 10.3 Å². The van der Waals surface area contributed by atoms with Crippen molar-refractivity contribution in [3.63, 3.8) is 0 Å². The van der Waals surface area contributed by atoms with Gasteiger partial charge in [-0.15, -0.1) is 0 Å². The van der Waals surface area contributed by atoms with Crippen molar-refractivity contribution in [2.24, 2.45) is 0 Å². The summed E-state index contributed by atoms with van der Waals surface area (Å²) in [4.78, 5) is 6.45. The van der Waals surface area contributed by atoms with Crippen LogP contribution >= 0.6 is 0 Å². The Bertz CT molecular complexity index is 344. The Labute approximate surface area is 110 Å². The van der Waals surface area contributed by atoms with Crippen LogP contribution in [-0.2, 0) is 11.3 Å². The monoisotopic (exact) mass is 255 g/mol. The van der Waals surface area contributed by atoms with Gasteiger partial charge in [-0.1, -0.05) is 0 Å². The molecule has 0 bridgehead atoms. The zero-order valence-electron chi connectivity index (χ0n) is 12.1. The molecule has 1 N–H and O–H groups in total. The van der Waals surface area contributed by atoms with Crippen LogP contribution in [0.4, 0.5) is 6.01 Å². The molecule has 5 nitrogen and oxygen atoms in total. The van der Waals surface area contributed by atoms with Crippen molar-refractivity contribution < 1.29 is 9.15 Å². The summed E-state index contributed by atoms with van der Waals surface area (Å²) in [6.45, 7) is 8.74. The first kappa shape index (κ1) is 15.0. The lowest BCUT2D eigenvalue weighted by Gasteiger charge is -2.19. The third-order valence-electron chi connectivity index (χ3n) is 2.51. The predicted molar refractivity (Wildman–Crippen MR) is 72.9 cm³/mol. The highest BCUT2D eigenvalue weighted by molar-refractivity contribution is 5.25. The lowest BCUT2D eigenvalue weighted by Crippen LogP contribution is -2.35. The minimum Gasteiger partial charge on any atom is -0.432 e. The lowest BCUT2D eigenvalue weighted by molar-refractivity contribution is 0.196. The SMILES string of the molecule is COCCCN(C)c1nc(CNC(C)(C)C)co1. The summed E-state index contributed by atoms with van der Waals surface area (Å²) in [5.41, 5.74) is 1.02. The first-order valence-corrected chi connectivity index (χ1v) is 6.32. The van der Waals surface area contributed by atoms with Crippen LogP contribution < -0.4 is 10.2 Å². The molecule has 0 saturated heterocycles. The Hall–Kier alpha value is -1.07. The number of anilines is 1. The van der Waals surface area contributed by atoms with Crippen LogP contribution in [-0.4, -0.2) is 37.8 Å². The third kappa shape index (κ3) is 5.51. The van der Waals surface area contributed by atoms with E-state index in [9.17, 15) is 0 Å². The Balaban J connectivity index is 2.42. The normalized spacial score (nSPS) is 11.8. The van der Waals surface area contributed by atoms with E-state index in [1.54, 1.807) is 13.4 Å². The minimum absolute atomic E-state index is 0.0868. The van der Waals surface area contributed by atoms with Gasteiger partial charge < -0.3 is 19.4 Å². The van der Waals surface area contributed by atoms with Crippen LogP contribution in [0.5, 0.6) is 0 Å². The Morgan fingerprint density at radius 2 is 2.17 bits per heavy atom. The Morgan fingerprint density at radius 1 is 1.44 bits per heavy atom. The second kappa shape index (κ2) is 6.75. The van der Waals surface area contributed by atoms with E-state index in [1.807, 2.05) is 11.9 Å². The van der Waals surface area contributed by atoms with E-state index in [0.717, 1.165) is 31.8 Å². The number of ether oxygens (including phenoxy) is 1. The molecule has 0 amide bonds. The maximum atomic E-state index is 5.46. The molecule has 0 aliphatic rings. The van der Waals surface area contributed by atoms with E-state index in [2.05, 4.69) is 31.1 Å². The molecule has 0 radical (unpaired) electrons. The third-order valence-corrected chi connectivity index (χ3v) is 2.51. The number of hydrogen-bond acceptors (Lipinski definition) is 5. The molecule has 0 saturated carbocycles. The van der Waals surface area contributed by atoms with Gasteiger partial charge in [0.2, 0.25) is 0 Å². The fourth-order valence-electron chi connectivity index (χ4n) is 1.45. The van der Waals surface area contributed by atoms with Gasteiger partial charge in [-0.2, -0.15) is 4.98 Å². The average molecular weight is 255 g/mol. The number of methoxy groups -OCH3 is 1. The van der Waals surface area contributed by atoms with E-state index >= 15 is 0 Å². The van der Waals surface area contributed by atoms with Crippen molar-refractivity contribution in [3.05, 3.63) is 12.0 Å². The van der Waals surface area contributed by atoms with Gasteiger partial charge in [0.25, 0.3) is 6.01 Å². The lowest BCUT2D eigenvalue weighted by atomic mass is 10.1. The largest absolute Gasteiger partial charge is 0.432 e. The highest BCUT2D eigenvalue weighted by atomic mass is 16.5. The molecule has 0 atom stereocenters. The molecule has 104 valence electrons. The molecule has 5 heteroatoms. The molecule has 0 fully saturated rings. The molecule has 0 spiro atoms.